The third-order valence-corrected chi connectivity index (χ3v) is 3.55. The van der Waals surface area contributed by atoms with Crippen molar-refractivity contribution in [3.05, 3.63) is 34.3 Å². The first kappa shape index (κ1) is 11.7. The average Bonchev–Trinajstić information content (AvgIpc) is 2.21. The lowest BCUT2D eigenvalue weighted by molar-refractivity contribution is 0.228. The van der Waals surface area contributed by atoms with Crippen LogP contribution >= 0.6 is 15.9 Å². The van der Waals surface area contributed by atoms with Gasteiger partial charge in [-0.2, -0.15) is 0 Å². The van der Waals surface area contributed by atoms with E-state index < -0.39 is 0 Å². The van der Waals surface area contributed by atoms with E-state index >= 15 is 0 Å². The quantitative estimate of drug-likeness (QED) is 0.874. The average molecular weight is 257 g/mol. The number of hydrogen-bond acceptors (Lipinski definition) is 1. The standard InChI is InChI=1S/C12H17BrO/c1-3-9(2)11(8-14)10-6-4-5-7-12(10)13/h4-7,9,11,14H,3,8H2,1-2H3. The van der Waals surface area contributed by atoms with Gasteiger partial charge in [-0.15, -0.1) is 0 Å². The number of benzene rings is 1. The smallest absolute Gasteiger partial charge is 0.0502 e. The summed E-state index contributed by atoms with van der Waals surface area (Å²) in [7, 11) is 0. The number of halogens is 1. The maximum absolute atomic E-state index is 9.38. The van der Waals surface area contributed by atoms with Gasteiger partial charge in [0.25, 0.3) is 0 Å². The van der Waals surface area contributed by atoms with Crippen LogP contribution in [0.3, 0.4) is 0 Å². The van der Waals surface area contributed by atoms with Crippen molar-refractivity contribution in [2.75, 3.05) is 6.61 Å². The molecule has 0 aliphatic heterocycles. The van der Waals surface area contributed by atoms with Crippen LogP contribution in [0.4, 0.5) is 0 Å². The minimum atomic E-state index is 0.220. The molecule has 1 nitrogen and oxygen atoms in total. The fraction of sp³-hybridized carbons (Fsp3) is 0.500. The molecule has 0 fully saturated rings. The minimum absolute atomic E-state index is 0.220. The molecule has 0 aromatic heterocycles. The van der Waals surface area contributed by atoms with Gasteiger partial charge < -0.3 is 5.11 Å². The largest absolute Gasteiger partial charge is 0.396 e. The topological polar surface area (TPSA) is 20.2 Å². The molecule has 1 N–H and O–H groups in total. The van der Waals surface area contributed by atoms with E-state index in [4.69, 9.17) is 0 Å². The van der Waals surface area contributed by atoms with Crippen molar-refractivity contribution in [3.8, 4) is 0 Å². The molecule has 0 aliphatic rings. The molecule has 2 unspecified atom stereocenters. The summed E-state index contributed by atoms with van der Waals surface area (Å²) < 4.78 is 1.10. The van der Waals surface area contributed by atoms with Crippen LogP contribution in [0.25, 0.3) is 0 Å². The summed E-state index contributed by atoms with van der Waals surface area (Å²) in [4.78, 5) is 0. The van der Waals surface area contributed by atoms with Crippen molar-refractivity contribution in [1.82, 2.24) is 0 Å². The number of hydrogen-bond donors (Lipinski definition) is 1. The van der Waals surface area contributed by atoms with Gasteiger partial charge in [-0.05, 0) is 17.5 Å². The molecule has 0 radical (unpaired) electrons. The Kier molecular flexibility index (Phi) is 4.63. The molecule has 14 heavy (non-hydrogen) atoms. The van der Waals surface area contributed by atoms with Crippen LogP contribution in [-0.4, -0.2) is 11.7 Å². The third-order valence-electron chi connectivity index (χ3n) is 2.83. The van der Waals surface area contributed by atoms with Crippen LogP contribution in [0.15, 0.2) is 28.7 Å². The van der Waals surface area contributed by atoms with Crippen molar-refractivity contribution in [3.63, 3.8) is 0 Å². The molecule has 1 rings (SSSR count). The molecule has 0 amide bonds. The molecular weight excluding hydrogens is 240 g/mol. The second-order valence-corrected chi connectivity index (χ2v) is 4.55. The number of rotatable bonds is 4. The summed E-state index contributed by atoms with van der Waals surface area (Å²) in [6.45, 7) is 4.56. The van der Waals surface area contributed by atoms with Crippen molar-refractivity contribution in [2.45, 2.75) is 26.2 Å². The molecule has 0 saturated heterocycles. The molecule has 1 aromatic rings. The highest BCUT2D eigenvalue weighted by atomic mass is 79.9. The maximum atomic E-state index is 9.38. The lowest BCUT2D eigenvalue weighted by Crippen LogP contribution is -2.13. The summed E-state index contributed by atoms with van der Waals surface area (Å²) in [5, 5.41) is 9.38. The number of aliphatic hydroxyl groups excluding tert-OH is 1. The first-order valence-electron chi connectivity index (χ1n) is 5.06. The Morgan fingerprint density at radius 1 is 1.36 bits per heavy atom. The van der Waals surface area contributed by atoms with E-state index in [-0.39, 0.29) is 12.5 Å². The summed E-state index contributed by atoms with van der Waals surface area (Å²) in [6, 6.07) is 8.13. The van der Waals surface area contributed by atoms with Crippen LogP contribution in [0, 0.1) is 5.92 Å². The molecule has 0 saturated carbocycles. The summed E-state index contributed by atoms with van der Waals surface area (Å²) in [6.07, 6.45) is 1.09. The lowest BCUT2D eigenvalue weighted by Gasteiger charge is -2.22. The fourth-order valence-electron chi connectivity index (χ4n) is 1.65. The van der Waals surface area contributed by atoms with Gasteiger partial charge in [0.15, 0.2) is 0 Å². The van der Waals surface area contributed by atoms with Crippen molar-refractivity contribution in [2.24, 2.45) is 5.92 Å². The molecule has 78 valence electrons. The van der Waals surface area contributed by atoms with E-state index in [1.807, 2.05) is 18.2 Å². The highest BCUT2D eigenvalue weighted by Gasteiger charge is 2.18. The highest BCUT2D eigenvalue weighted by Crippen LogP contribution is 2.31. The summed E-state index contributed by atoms with van der Waals surface area (Å²) >= 11 is 3.52. The second-order valence-electron chi connectivity index (χ2n) is 3.70. The summed E-state index contributed by atoms with van der Waals surface area (Å²) in [5.41, 5.74) is 1.21. The third kappa shape index (κ3) is 2.58. The molecule has 0 bridgehead atoms. The zero-order chi connectivity index (χ0) is 10.6. The molecule has 2 atom stereocenters. The van der Waals surface area contributed by atoms with Crippen LogP contribution < -0.4 is 0 Å². The molecule has 2 heteroatoms. The van der Waals surface area contributed by atoms with Gasteiger partial charge in [0.05, 0.1) is 6.61 Å². The van der Waals surface area contributed by atoms with Crippen molar-refractivity contribution < 1.29 is 5.11 Å². The molecule has 1 aromatic carbocycles. The van der Waals surface area contributed by atoms with E-state index in [2.05, 4.69) is 35.8 Å². The highest BCUT2D eigenvalue weighted by molar-refractivity contribution is 9.10. The van der Waals surface area contributed by atoms with Gasteiger partial charge in [0, 0.05) is 10.4 Å². The maximum Gasteiger partial charge on any atom is 0.0502 e. The Morgan fingerprint density at radius 3 is 2.50 bits per heavy atom. The van der Waals surface area contributed by atoms with Gasteiger partial charge in [-0.1, -0.05) is 54.4 Å². The Bertz CT molecular complexity index is 285. The first-order valence-corrected chi connectivity index (χ1v) is 5.85. The molecule has 0 spiro atoms. The van der Waals surface area contributed by atoms with E-state index in [9.17, 15) is 5.11 Å². The van der Waals surface area contributed by atoms with Gasteiger partial charge >= 0.3 is 0 Å². The zero-order valence-electron chi connectivity index (χ0n) is 8.70. The Hall–Kier alpha value is -0.340. The predicted octanol–water partition coefficient (Wildman–Crippen LogP) is 3.57. The van der Waals surface area contributed by atoms with Crippen LogP contribution in [0.5, 0.6) is 0 Å². The van der Waals surface area contributed by atoms with Crippen LogP contribution in [0.2, 0.25) is 0 Å². The van der Waals surface area contributed by atoms with Crippen LogP contribution in [-0.2, 0) is 0 Å². The Labute approximate surface area is 94.3 Å². The van der Waals surface area contributed by atoms with Gasteiger partial charge in [0.1, 0.15) is 0 Å². The van der Waals surface area contributed by atoms with Gasteiger partial charge in [-0.3, -0.25) is 0 Å². The van der Waals surface area contributed by atoms with Gasteiger partial charge in [0.2, 0.25) is 0 Å². The predicted molar refractivity (Wildman–Crippen MR) is 63.4 cm³/mol. The first-order chi connectivity index (χ1) is 6.70. The van der Waals surface area contributed by atoms with Crippen molar-refractivity contribution in [1.29, 1.82) is 0 Å². The SMILES string of the molecule is CCC(C)C(CO)c1ccccc1Br. The molecule has 0 aliphatic carbocycles. The lowest BCUT2D eigenvalue weighted by atomic mass is 9.86. The fourth-order valence-corrected chi connectivity index (χ4v) is 2.22. The monoisotopic (exact) mass is 256 g/mol. The van der Waals surface area contributed by atoms with Crippen LogP contribution in [0.1, 0.15) is 31.7 Å². The van der Waals surface area contributed by atoms with E-state index in [0.717, 1.165) is 10.9 Å². The second kappa shape index (κ2) is 5.52. The summed E-state index contributed by atoms with van der Waals surface area (Å²) in [5.74, 6) is 0.759. The molecule has 0 heterocycles. The van der Waals surface area contributed by atoms with E-state index in [0.29, 0.717) is 5.92 Å². The van der Waals surface area contributed by atoms with Gasteiger partial charge in [-0.25, -0.2) is 0 Å². The van der Waals surface area contributed by atoms with E-state index in [1.165, 1.54) is 5.56 Å². The zero-order valence-corrected chi connectivity index (χ0v) is 10.3. The van der Waals surface area contributed by atoms with E-state index in [1.54, 1.807) is 0 Å². The Balaban J connectivity index is 2.94. The Morgan fingerprint density at radius 2 is 2.00 bits per heavy atom. The normalized spacial score (nSPS) is 15.1. The molecular formula is C12H17BrO. The van der Waals surface area contributed by atoms with Crippen molar-refractivity contribution >= 4 is 15.9 Å². The number of aliphatic hydroxyl groups is 1. The minimum Gasteiger partial charge on any atom is -0.396 e.